The van der Waals surface area contributed by atoms with E-state index < -0.39 is 48.6 Å². The predicted molar refractivity (Wildman–Crippen MR) is 244 cm³/mol. The number of carbonyl (C=O) groups is 4. The summed E-state index contributed by atoms with van der Waals surface area (Å²) < 4.78 is 106. The quantitative estimate of drug-likeness (QED) is 0.0696. The first kappa shape index (κ1) is 53.2. The summed E-state index contributed by atoms with van der Waals surface area (Å²) in [7, 11) is 3.15. The molecule has 4 aromatic carbocycles. The summed E-state index contributed by atoms with van der Waals surface area (Å²) in [6.45, 7) is 3.38. The van der Waals surface area contributed by atoms with Crippen LogP contribution in [-0.2, 0) is 40.2 Å². The van der Waals surface area contributed by atoms with Crippen molar-refractivity contribution in [1.82, 2.24) is 35.1 Å². The molecule has 0 bridgehead atoms. The van der Waals surface area contributed by atoms with Crippen LogP contribution in [0.1, 0.15) is 44.9 Å². The molecular formula is C49H53F6N7O9. The van der Waals surface area contributed by atoms with Crippen molar-refractivity contribution in [2.45, 2.75) is 38.8 Å². The number of benzene rings is 4. The highest BCUT2D eigenvalue weighted by atomic mass is 19.3. The molecule has 5 amide bonds. The summed E-state index contributed by atoms with van der Waals surface area (Å²) in [5, 5.41) is 8.62. The summed E-state index contributed by atoms with van der Waals surface area (Å²) in [4.78, 5) is 56.1. The molecule has 5 aromatic rings. The highest BCUT2D eigenvalue weighted by molar-refractivity contribution is 5.99. The van der Waals surface area contributed by atoms with Crippen LogP contribution in [0.15, 0.2) is 89.3 Å². The van der Waals surface area contributed by atoms with Gasteiger partial charge in [-0.1, -0.05) is 54.6 Å². The van der Waals surface area contributed by atoms with Crippen LogP contribution in [0.5, 0.6) is 11.5 Å². The van der Waals surface area contributed by atoms with Crippen LogP contribution in [0.4, 0.5) is 35.9 Å². The minimum absolute atomic E-state index is 0.0174. The van der Waals surface area contributed by atoms with Gasteiger partial charge in [0.2, 0.25) is 5.89 Å². The third kappa shape index (κ3) is 14.9. The number of aromatic nitrogens is 2. The summed E-state index contributed by atoms with van der Waals surface area (Å²) in [5.74, 6) is -3.27. The van der Waals surface area contributed by atoms with E-state index in [1.807, 2.05) is 48.5 Å². The van der Waals surface area contributed by atoms with Crippen molar-refractivity contribution in [3.05, 3.63) is 130 Å². The molecule has 2 saturated heterocycles. The number of amides is 5. The highest BCUT2D eigenvalue weighted by Crippen LogP contribution is 2.27. The van der Waals surface area contributed by atoms with Crippen molar-refractivity contribution >= 4 is 23.8 Å². The van der Waals surface area contributed by atoms with Gasteiger partial charge in [0.25, 0.3) is 11.8 Å². The average Bonchev–Trinajstić information content (AvgIpc) is 3.90. The van der Waals surface area contributed by atoms with Crippen molar-refractivity contribution in [2.24, 2.45) is 0 Å². The van der Waals surface area contributed by atoms with Crippen molar-refractivity contribution in [1.29, 1.82) is 0 Å². The Hall–Kier alpha value is -7.20. The van der Waals surface area contributed by atoms with Gasteiger partial charge in [-0.15, -0.1) is 10.2 Å². The summed E-state index contributed by atoms with van der Waals surface area (Å²) >= 11 is 0. The van der Waals surface area contributed by atoms with Crippen molar-refractivity contribution in [3.63, 3.8) is 0 Å². The normalized spacial score (nSPS) is 13.6. The molecule has 0 radical (unpaired) electrons. The lowest BCUT2D eigenvalue weighted by atomic mass is 10.1. The number of morpholine rings is 2. The molecule has 2 fully saturated rings. The first-order valence-electron chi connectivity index (χ1n) is 22.5. The molecule has 3 heterocycles. The van der Waals surface area contributed by atoms with E-state index in [0.717, 1.165) is 23.3 Å². The largest absolute Gasteiger partial charge is 0.496 e. The molecule has 0 spiro atoms. The van der Waals surface area contributed by atoms with E-state index in [1.165, 1.54) is 29.2 Å². The maximum absolute atomic E-state index is 15.0. The van der Waals surface area contributed by atoms with Gasteiger partial charge in [-0.2, -0.15) is 17.6 Å². The number of halogens is 6. The van der Waals surface area contributed by atoms with Gasteiger partial charge in [0.05, 0.1) is 60.3 Å². The van der Waals surface area contributed by atoms with E-state index >= 15 is 4.39 Å². The summed E-state index contributed by atoms with van der Waals surface area (Å²) in [5.41, 5.74) is 2.37. The van der Waals surface area contributed by atoms with Gasteiger partial charge in [-0.05, 0) is 54.3 Å². The fourth-order valence-electron chi connectivity index (χ4n) is 7.58. The van der Waals surface area contributed by atoms with Crippen LogP contribution < -0.4 is 14.8 Å². The molecule has 16 nitrogen and oxygen atoms in total. The standard InChI is InChI=1S/C25H28F3N3O5.C24H25F3N4O4/c1-35-22-5-3-2-4-17(22)8-9-31(25(34)30-10-12-36-13-11-30)16-19-7-6-18(14-20(19)26)21(32)15-29-24(33)23(27)28;1-33-20-5-3-2-4-16(20)8-9-31(24(32)30-10-12-34-13-11-30)15-18-7-6-17(14-19(18)25)22-28-29-23(35-22)21(26)27/h2-7,14,23H,8-13,15-16H2,1H3,(H,29,33);2-7,14,21H,8-13,15H2,1H3. The van der Waals surface area contributed by atoms with E-state index in [9.17, 15) is 41.1 Å². The maximum atomic E-state index is 15.0. The zero-order chi connectivity index (χ0) is 50.9. The summed E-state index contributed by atoms with van der Waals surface area (Å²) in [6.07, 6.45) is -5.17. The van der Waals surface area contributed by atoms with E-state index in [1.54, 1.807) is 34.2 Å². The molecular weight excluding hydrogens is 945 g/mol. The molecule has 1 N–H and O–H groups in total. The Kier molecular flexibility index (Phi) is 19.6. The Morgan fingerprint density at radius 3 is 1.61 bits per heavy atom. The maximum Gasteiger partial charge on any atom is 0.320 e. The number of ether oxygens (including phenoxy) is 4. The number of nitrogens with zero attached hydrogens (tertiary/aromatic N) is 6. The van der Waals surface area contributed by atoms with Crippen molar-refractivity contribution in [2.75, 3.05) is 86.5 Å². The third-order valence-corrected chi connectivity index (χ3v) is 11.4. The lowest BCUT2D eigenvalue weighted by Crippen LogP contribution is -2.48. The number of alkyl halides is 4. The second-order valence-corrected chi connectivity index (χ2v) is 16.0. The number of hydrogen-bond acceptors (Lipinski definition) is 11. The van der Waals surface area contributed by atoms with E-state index in [0.29, 0.717) is 83.5 Å². The minimum atomic E-state index is -3.25. The number of methoxy groups -OCH3 is 2. The van der Waals surface area contributed by atoms with Gasteiger partial charge in [-0.25, -0.2) is 18.4 Å². The van der Waals surface area contributed by atoms with E-state index in [4.69, 9.17) is 23.4 Å². The zero-order valence-corrected chi connectivity index (χ0v) is 39.0. The Balaban J connectivity index is 0.000000232. The van der Waals surface area contributed by atoms with Gasteiger partial charge in [-0.3, -0.25) is 9.59 Å². The number of rotatable bonds is 18. The number of para-hydroxylation sites is 2. The number of hydrogen-bond donors (Lipinski definition) is 1. The Labute approximate surface area is 405 Å². The van der Waals surface area contributed by atoms with Gasteiger partial charge >= 0.3 is 24.9 Å². The minimum Gasteiger partial charge on any atom is -0.496 e. The second-order valence-electron chi connectivity index (χ2n) is 16.0. The monoisotopic (exact) mass is 997 g/mol. The highest BCUT2D eigenvalue weighted by Gasteiger charge is 2.27. The van der Waals surface area contributed by atoms with Crippen molar-refractivity contribution < 1.29 is 68.9 Å². The molecule has 0 unspecified atom stereocenters. The van der Waals surface area contributed by atoms with Crippen LogP contribution in [-0.4, -0.2) is 146 Å². The molecule has 71 heavy (non-hydrogen) atoms. The molecule has 2 aliphatic heterocycles. The zero-order valence-electron chi connectivity index (χ0n) is 39.0. The fraction of sp³-hybridized carbons (Fsp3) is 0.388. The van der Waals surface area contributed by atoms with E-state index in [2.05, 4.69) is 10.2 Å². The van der Waals surface area contributed by atoms with Crippen LogP contribution in [0.2, 0.25) is 0 Å². The van der Waals surface area contributed by atoms with Crippen LogP contribution in [0.3, 0.4) is 0 Å². The number of urea groups is 2. The number of nitrogens with one attached hydrogen (secondary N) is 1. The molecule has 22 heteroatoms. The smallest absolute Gasteiger partial charge is 0.320 e. The molecule has 0 atom stereocenters. The Morgan fingerprint density at radius 2 is 1.15 bits per heavy atom. The van der Waals surface area contributed by atoms with E-state index in [-0.39, 0.29) is 59.8 Å². The molecule has 1 aromatic heterocycles. The van der Waals surface area contributed by atoms with Crippen molar-refractivity contribution in [3.8, 4) is 23.0 Å². The predicted octanol–water partition coefficient (Wildman–Crippen LogP) is 7.21. The van der Waals surface area contributed by atoms with Crippen LogP contribution >= 0.6 is 0 Å². The van der Waals surface area contributed by atoms with Gasteiger partial charge < -0.3 is 48.3 Å². The summed E-state index contributed by atoms with van der Waals surface area (Å²) in [6, 6.07) is 22.3. The van der Waals surface area contributed by atoms with Gasteiger partial charge in [0.1, 0.15) is 23.1 Å². The lowest BCUT2D eigenvalue weighted by molar-refractivity contribution is -0.131. The first-order chi connectivity index (χ1) is 34.3. The SMILES string of the molecule is COc1ccccc1CCN(Cc1ccc(-c2nnc(C(F)F)o2)cc1F)C(=O)N1CCOCC1.COc1ccccc1CCN(Cc1ccc(C(=O)CNC(=O)C(F)F)cc1F)C(=O)N1CCOCC1. The Morgan fingerprint density at radius 1 is 0.662 bits per heavy atom. The second kappa shape index (κ2) is 26.1. The van der Waals surface area contributed by atoms with Crippen LogP contribution in [0.25, 0.3) is 11.5 Å². The molecule has 2 aliphatic rings. The third-order valence-electron chi connectivity index (χ3n) is 11.4. The van der Waals surface area contributed by atoms with Crippen LogP contribution in [0, 0.1) is 11.6 Å². The first-order valence-corrected chi connectivity index (χ1v) is 22.5. The molecule has 0 saturated carbocycles. The van der Waals surface area contributed by atoms with Gasteiger partial charge in [0.15, 0.2) is 5.78 Å². The number of carbonyl (C=O) groups excluding carboxylic acids is 4. The molecule has 380 valence electrons. The molecule has 0 aliphatic carbocycles. The topological polar surface area (TPSA) is 169 Å². The van der Waals surface area contributed by atoms with Gasteiger partial charge in [0, 0.05) is 61.5 Å². The Bertz CT molecular complexity index is 2580. The fourth-order valence-corrected chi connectivity index (χ4v) is 7.58. The average molecular weight is 998 g/mol. The number of ketones is 1. The number of Topliss-reactive ketones (excluding diaryl/α,β-unsaturated/α-hetero) is 1. The molecule has 7 rings (SSSR count). The lowest BCUT2D eigenvalue weighted by Gasteiger charge is -2.33.